The van der Waals surface area contributed by atoms with E-state index in [0.717, 1.165) is 0 Å². The summed E-state index contributed by atoms with van der Waals surface area (Å²) in [5.74, 6) is 0. The molecule has 1 N–H and O–H groups in total. The van der Waals surface area contributed by atoms with Crippen molar-refractivity contribution in [2.24, 2.45) is 0 Å². The molecule has 0 heterocycles. The molecular formula is C10H7ClF3IO. The topological polar surface area (TPSA) is 20.2 Å². The van der Waals surface area contributed by atoms with Crippen molar-refractivity contribution in [1.29, 1.82) is 0 Å². The number of rotatable bonds is 2. The minimum absolute atomic E-state index is 0.188. The predicted octanol–water partition coefficient (Wildman–Crippen LogP) is 4.04. The van der Waals surface area contributed by atoms with Gasteiger partial charge in [0.2, 0.25) is 0 Å². The van der Waals surface area contributed by atoms with Gasteiger partial charge in [-0.15, -0.1) is 0 Å². The van der Waals surface area contributed by atoms with Crippen molar-refractivity contribution < 1.29 is 18.3 Å². The molecule has 1 nitrogen and oxygen atoms in total. The standard InChI is InChI=1S/C10H7ClF3IO/c11-7-3-1-6(2-4-7)5-8(15)9(16)10(12,13)14/h1-5,9,16H/b8-5-. The van der Waals surface area contributed by atoms with Crippen LogP contribution in [0.3, 0.4) is 0 Å². The van der Waals surface area contributed by atoms with Gasteiger partial charge in [0.05, 0.1) is 0 Å². The van der Waals surface area contributed by atoms with Crippen LogP contribution in [0.15, 0.2) is 27.8 Å². The smallest absolute Gasteiger partial charge is 0.379 e. The Hall–Kier alpha value is -0.270. The Kier molecular flexibility index (Phi) is 4.63. The zero-order chi connectivity index (χ0) is 12.3. The van der Waals surface area contributed by atoms with Gasteiger partial charge in [-0.1, -0.05) is 23.7 Å². The molecule has 0 aliphatic carbocycles. The molecule has 16 heavy (non-hydrogen) atoms. The Labute approximate surface area is 109 Å². The van der Waals surface area contributed by atoms with E-state index in [4.69, 9.17) is 16.7 Å². The van der Waals surface area contributed by atoms with Crippen molar-refractivity contribution in [3.63, 3.8) is 0 Å². The van der Waals surface area contributed by atoms with E-state index in [9.17, 15) is 13.2 Å². The lowest BCUT2D eigenvalue weighted by atomic mass is 10.2. The third-order valence-electron chi connectivity index (χ3n) is 1.75. The van der Waals surface area contributed by atoms with Gasteiger partial charge in [-0.3, -0.25) is 0 Å². The molecular weight excluding hydrogens is 355 g/mol. The van der Waals surface area contributed by atoms with Crippen molar-refractivity contribution in [2.45, 2.75) is 12.3 Å². The molecule has 0 fully saturated rings. The van der Waals surface area contributed by atoms with Crippen LogP contribution in [-0.2, 0) is 0 Å². The lowest BCUT2D eigenvalue weighted by Crippen LogP contribution is -2.28. The van der Waals surface area contributed by atoms with Gasteiger partial charge in [0.15, 0.2) is 6.10 Å². The first-order valence-electron chi connectivity index (χ1n) is 4.18. The van der Waals surface area contributed by atoms with Crippen molar-refractivity contribution in [1.82, 2.24) is 0 Å². The van der Waals surface area contributed by atoms with E-state index in [1.807, 2.05) is 0 Å². The molecule has 1 aromatic rings. The number of aliphatic hydroxyl groups is 1. The van der Waals surface area contributed by atoms with Crippen molar-refractivity contribution in [2.75, 3.05) is 0 Å². The summed E-state index contributed by atoms with van der Waals surface area (Å²) < 4.78 is 36.3. The van der Waals surface area contributed by atoms with Crippen LogP contribution in [-0.4, -0.2) is 17.4 Å². The lowest BCUT2D eigenvalue weighted by molar-refractivity contribution is -0.188. The maximum atomic E-state index is 12.1. The molecule has 0 amide bonds. The highest BCUT2D eigenvalue weighted by Gasteiger charge is 2.39. The fraction of sp³-hybridized carbons (Fsp3) is 0.200. The molecule has 0 saturated heterocycles. The highest BCUT2D eigenvalue weighted by atomic mass is 127. The molecule has 1 aromatic carbocycles. The predicted molar refractivity (Wildman–Crippen MR) is 65.5 cm³/mol. The molecule has 1 rings (SSSR count). The van der Waals surface area contributed by atoms with Gasteiger partial charge in [0.1, 0.15) is 0 Å². The minimum Gasteiger partial charge on any atom is -0.379 e. The Morgan fingerprint density at radius 2 is 1.81 bits per heavy atom. The minimum atomic E-state index is -4.64. The number of halogens is 5. The number of aliphatic hydroxyl groups excluding tert-OH is 1. The van der Waals surface area contributed by atoms with Crippen molar-refractivity contribution >= 4 is 40.3 Å². The summed E-state index contributed by atoms with van der Waals surface area (Å²) in [7, 11) is 0. The summed E-state index contributed by atoms with van der Waals surface area (Å²) in [5.41, 5.74) is 0.553. The van der Waals surface area contributed by atoms with Crippen LogP contribution in [0, 0.1) is 0 Å². The average Bonchev–Trinajstić information content (AvgIpc) is 2.19. The van der Waals surface area contributed by atoms with Crippen LogP contribution in [0.25, 0.3) is 6.08 Å². The van der Waals surface area contributed by atoms with Gasteiger partial charge in [-0.2, -0.15) is 13.2 Å². The second-order valence-electron chi connectivity index (χ2n) is 3.02. The van der Waals surface area contributed by atoms with E-state index in [1.54, 1.807) is 24.3 Å². The van der Waals surface area contributed by atoms with Crippen LogP contribution >= 0.6 is 34.2 Å². The van der Waals surface area contributed by atoms with Gasteiger partial charge < -0.3 is 5.11 Å². The van der Waals surface area contributed by atoms with Gasteiger partial charge in [-0.05, 0) is 46.4 Å². The molecule has 0 aliphatic heterocycles. The van der Waals surface area contributed by atoms with Crippen LogP contribution in [0.2, 0.25) is 5.02 Å². The molecule has 0 aliphatic rings. The van der Waals surface area contributed by atoms with Crippen molar-refractivity contribution in [3.8, 4) is 0 Å². The quantitative estimate of drug-likeness (QED) is 0.788. The molecule has 6 heteroatoms. The van der Waals surface area contributed by atoms with E-state index in [1.165, 1.54) is 28.7 Å². The number of alkyl halides is 3. The fourth-order valence-corrected chi connectivity index (χ4v) is 1.79. The summed E-state index contributed by atoms with van der Waals surface area (Å²) in [5, 5.41) is 9.45. The van der Waals surface area contributed by atoms with E-state index in [-0.39, 0.29) is 3.58 Å². The summed E-state index contributed by atoms with van der Waals surface area (Å²) >= 11 is 7.09. The molecule has 0 saturated carbocycles. The molecule has 0 spiro atoms. The molecule has 0 bridgehead atoms. The Bertz CT molecular complexity index is 386. The van der Waals surface area contributed by atoms with Gasteiger partial charge >= 0.3 is 6.18 Å². The normalized spacial score (nSPS) is 15.0. The summed E-state index contributed by atoms with van der Waals surface area (Å²) in [4.78, 5) is 0. The van der Waals surface area contributed by atoms with E-state index < -0.39 is 12.3 Å². The molecule has 0 aromatic heterocycles. The van der Waals surface area contributed by atoms with Crippen LogP contribution in [0.5, 0.6) is 0 Å². The second kappa shape index (κ2) is 5.37. The van der Waals surface area contributed by atoms with Crippen LogP contribution < -0.4 is 0 Å². The van der Waals surface area contributed by atoms with Gasteiger partial charge in [0.25, 0.3) is 0 Å². The van der Waals surface area contributed by atoms with Crippen molar-refractivity contribution in [3.05, 3.63) is 38.4 Å². The van der Waals surface area contributed by atoms with E-state index >= 15 is 0 Å². The molecule has 1 unspecified atom stereocenters. The first kappa shape index (κ1) is 13.8. The highest BCUT2D eigenvalue weighted by molar-refractivity contribution is 14.1. The third kappa shape index (κ3) is 3.95. The lowest BCUT2D eigenvalue weighted by Gasteiger charge is -2.13. The van der Waals surface area contributed by atoms with Gasteiger partial charge in [0, 0.05) is 8.60 Å². The monoisotopic (exact) mass is 362 g/mol. The van der Waals surface area contributed by atoms with E-state index in [2.05, 4.69) is 0 Å². The first-order valence-corrected chi connectivity index (χ1v) is 5.64. The number of hydrogen-bond donors (Lipinski definition) is 1. The van der Waals surface area contributed by atoms with Gasteiger partial charge in [-0.25, -0.2) is 0 Å². The number of benzene rings is 1. The average molecular weight is 363 g/mol. The fourth-order valence-electron chi connectivity index (χ4n) is 0.954. The number of hydrogen-bond acceptors (Lipinski definition) is 1. The Morgan fingerprint density at radius 3 is 2.25 bits per heavy atom. The zero-order valence-corrected chi connectivity index (χ0v) is 10.7. The third-order valence-corrected chi connectivity index (χ3v) is 2.90. The Balaban J connectivity index is 2.88. The summed E-state index contributed by atoms with van der Waals surface area (Å²) in [6, 6.07) is 6.28. The first-order chi connectivity index (χ1) is 7.30. The van der Waals surface area contributed by atoms with E-state index in [0.29, 0.717) is 10.6 Å². The Morgan fingerprint density at radius 1 is 1.31 bits per heavy atom. The largest absolute Gasteiger partial charge is 0.419 e. The maximum absolute atomic E-state index is 12.1. The zero-order valence-electron chi connectivity index (χ0n) is 7.80. The summed E-state index contributed by atoms with van der Waals surface area (Å²) in [6.07, 6.45) is -5.82. The molecule has 1 atom stereocenters. The molecule has 88 valence electrons. The maximum Gasteiger partial charge on any atom is 0.419 e. The summed E-state index contributed by atoms with van der Waals surface area (Å²) in [6.45, 7) is 0. The molecule has 0 radical (unpaired) electrons. The second-order valence-corrected chi connectivity index (χ2v) is 4.71. The van der Waals surface area contributed by atoms with Crippen LogP contribution in [0.4, 0.5) is 13.2 Å². The SMILES string of the molecule is OC(/C(I)=C/c1ccc(Cl)cc1)C(F)(F)F. The van der Waals surface area contributed by atoms with Crippen LogP contribution in [0.1, 0.15) is 5.56 Å². The highest BCUT2D eigenvalue weighted by Crippen LogP contribution is 2.30.